The van der Waals surface area contributed by atoms with Gasteiger partial charge in [-0.3, -0.25) is 0 Å². The van der Waals surface area contributed by atoms with E-state index in [1.807, 2.05) is 12.3 Å². The molecule has 136 valence electrons. The van der Waals surface area contributed by atoms with Crippen LogP contribution in [0.3, 0.4) is 0 Å². The lowest BCUT2D eigenvalue weighted by molar-refractivity contribution is 0.475. The summed E-state index contributed by atoms with van der Waals surface area (Å²) < 4.78 is 0. The Hall–Kier alpha value is -2.63. The molecule has 0 unspecified atom stereocenters. The Kier molecular flexibility index (Phi) is 4.49. The second-order valence-corrected chi connectivity index (χ2v) is 7.43. The van der Waals surface area contributed by atoms with Gasteiger partial charge >= 0.3 is 0 Å². The third kappa shape index (κ3) is 4.12. The van der Waals surface area contributed by atoms with Crippen molar-refractivity contribution in [1.29, 1.82) is 0 Å². The molecule has 0 aliphatic heterocycles. The smallest absolute Gasteiger partial charge is 0.232 e. The highest BCUT2D eigenvalue weighted by Gasteiger charge is 2.28. The van der Waals surface area contributed by atoms with Gasteiger partial charge in [-0.25, -0.2) is 0 Å². The topological polar surface area (TPSA) is 83.0 Å². The minimum atomic E-state index is 0.197. The predicted molar refractivity (Wildman–Crippen MR) is 103 cm³/mol. The number of hydrogen-bond acceptors (Lipinski definition) is 6. The zero-order chi connectivity index (χ0) is 18.1. The molecule has 2 aliphatic carbocycles. The molecule has 1 aromatic carbocycles. The van der Waals surface area contributed by atoms with E-state index in [-0.39, 0.29) is 5.75 Å². The van der Waals surface area contributed by atoms with Crippen LogP contribution < -0.4 is 10.6 Å². The molecule has 6 nitrogen and oxygen atoms in total. The molecule has 2 aliphatic rings. The average Bonchev–Trinajstić information content (AvgIpc) is 3.50. The molecule has 0 bridgehead atoms. The van der Waals surface area contributed by atoms with Crippen molar-refractivity contribution >= 4 is 11.9 Å². The lowest BCUT2D eigenvalue weighted by Crippen LogP contribution is -2.20. The fourth-order valence-electron chi connectivity index (χ4n) is 3.03. The molecule has 4 rings (SSSR count). The first-order chi connectivity index (χ1) is 12.6. The number of aromatic nitrogens is 3. The maximum absolute atomic E-state index is 9.77. The molecular weight excluding hydrogens is 326 g/mol. The Bertz CT molecular complexity index is 827. The van der Waals surface area contributed by atoms with E-state index in [2.05, 4.69) is 39.4 Å². The summed E-state index contributed by atoms with van der Waals surface area (Å²) in [6, 6.07) is 7.32. The first kappa shape index (κ1) is 16.8. The largest absolute Gasteiger partial charge is 0.508 e. The Balaban J connectivity index is 1.62. The fraction of sp³-hybridized carbons (Fsp3) is 0.450. The van der Waals surface area contributed by atoms with Crippen LogP contribution in [0, 0.1) is 11.8 Å². The van der Waals surface area contributed by atoms with Crippen LogP contribution in [0.5, 0.6) is 5.75 Å². The van der Waals surface area contributed by atoms with Gasteiger partial charge in [-0.2, -0.15) is 15.0 Å². The number of rotatable bonds is 7. The van der Waals surface area contributed by atoms with Crippen LogP contribution in [0.15, 0.2) is 36.0 Å². The van der Waals surface area contributed by atoms with Gasteiger partial charge in [-0.15, -0.1) is 0 Å². The molecule has 3 N–H and O–H groups in total. The Morgan fingerprint density at radius 1 is 1.15 bits per heavy atom. The van der Waals surface area contributed by atoms with Gasteiger partial charge in [-0.1, -0.05) is 17.7 Å². The Labute approximate surface area is 153 Å². The van der Waals surface area contributed by atoms with Crippen LogP contribution in [0.1, 0.15) is 39.5 Å². The molecule has 2 aromatic rings. The van der Waals surface area contributed by atoms with Crippen molar-refractivity contribution in [2.75, 3.05) is 10.6 Å². The van der Waals surface area contributed by atoms with Gasteiger partial charge in [0.2, 0.25) is 11.9 Å². The van der Waals surface area contributed by atoms with Crippen LogP contribution in [-0.2, 0) is 0 Å². The standard InChI is InChI=1S/C20H25N5O/c1-12(14-6-7-14)11-21-19-23-18(16-4-3-5-17(26)10-16)24-20(25-19)22-13(2)15-8-9-15/h3-5,10-11,13-15,26H,6-9H2,1-2H3,(H2,21,22,23,24,25)/b12-11-/t13-/m1/s1. The van der Waals surface area contributed by atoms with Crippen molar-refractivity contribution in [3.63, 3.8) is 0 Å². The molecule has 0 radical (unpaired) electrons. The summed E-state index contributed by atoms with van der Waals surface area (Å²) in [6.45, 7) is 4.30. The molecule has 2 fully saturated rings. The maximum Gasteiger partial charge on any atom is 0.232 e. The number of nitrogens with zero attached hydrogens (tertiary/aromatic N) is 3. The van der Waals surface area contributed by atoms with Crippen LogP contribution in [0.25, 0.3) is 11.4 Å². The molecule has 6 heteroatoms. The van der Waals surface area contributed by atoms with Crippen molar-refractivity contribution in [3.05, 3.63) is 36.0 Å². The van der Waals surface area contributed by atoms with Crippen LogP contribution in [-0.4, -0.2) is 26.1 Å². The van der Waals surface area contributed by atoms with E-state index in [9.17, 15) is 5.11 Å². The third-order valence-corrected chi connectivity index (χ3v) is 5.08. The molecule has 0 spiro atoms. The molecule has 0 saturated heterocycles. The minimum absolute atomic E-state index is 0.197. The lowest BCUT2D eigenvalue weighted by atomic mass is 10.2. The number of benzene rings is 1. The summed E-state index contributed by atoms with van der Waals surface area (Å²) in [6.07, 6.45) is 7.04. The SMILES string of the molecule is C/C(=C/Nc1nc(N[C@H](C)C2CC2)nc(-c2cccc(O)c2)n1)C1CC1. The van der Waals surface area contributed by atoms with Gasteiger partial charge in [0.1, 0.15) is 5.75 Å². The van der Waals surface area contributed by atoms with E-state index in [1.165, 1.54) is 31.3 Å². The van der Waals surface area contributed by atoms with E-state index >= 15 is 0 Å². The minimum Gasteiger partial charge on any atom is -0.508 e. The highest BCUT2D eigenvalue weighted by atomic mass is 16.3. The first-order valence-electron chi connectivity index (χ1n) is 9.33. The van der Waals surface area contributed by atoms with Crippen molar-refractivity contribution in [2.24, 2.45) is 11.8 Å². The number of aromatic hydroxyl groups is 1. The van der Waals surface area contributed by atoms with Crippen LogP contribution >= 0.6 is 0 Å². The molecule has 26 heavy (non-hydrogen) atoms. The van der Waals surface area contributed by atoms with Gasteiger partial charge in [-0.05, 0) is 63.5 Å². The zero-order valence-corrected chi connectivity index (χ0v) is 15.2. The molecule has 0 amide bonds. The normalized spacial score (nSPS) is 18.5. The number of anilines is 2. The Morgan fingerprint density at radius 2 is 1.92 bits per heavy atom. The van der Waals surface area contributed by atoms with E-state index in [0.29, 0.717) is 35.6 Å². The zero-order valence-electron chi connectivity index (χ0n) is 15.2. The lowest BCUT2D eigenvalue weighted by Gasteiger charge is -2.14. The fourth-order valence-corrected chi connectivity index (χ4v) is 3.03. The van der Waals surface area contributed by atoms with Gasteiger partial charge in [0.05, 0.1) is 0 Å². The first-order valence-corrected chi connectivity index (χ1v) is 9.33. The van der Waals surface area contributed by atoms with Crippen molar-refractivity contribution in [2.45, 2.75) is 45.6 Å². The molecular formula is C20H25N5O. The van der Waals surface area contributed by atoms with Crippen molar-refractivity contribution in [1.82, 2.24) is 15.0 Å². The molecule has 1 heterocycles. The monoisotopic (exact) mass is 351 g/mol. The number of phenols is 1. The van der Waals surface area contributed by atoms with Crippen LogP contribution in [0.2, 0.25) is 0 Å². The number of nitrogens with one attached hydrogen (secondary N) is 2. The predicted octanol–water partition coefficient (Wildman–Crippen LogP) is 4.18. The second-order valence-electron chi connectivity index (χ2n) is 7.43. The maximum atomic E-state index is 9.77. The quantitative estimate of drug-likeness (QED) is 0.694. The number of hydrogen-bond donors (Lipinski definition) is 3. The second kappa shape index (κ2) is 6.94. The summed E-state index contributed by atoms with van der Waals surface area (Å²) in [5.74, 6) is 3.22. The van der Waals surface area contributed by atoms with Gasteiger partial charge < -0.3 is 15.7 Å². The van der Waals surface area contributed by atoms with Crippen molar-refractivity contribution in [3.8, 4) is 17.1 Å². The molecule has 2 saturated carbocycles. The summed E-state index contributed by atoms with van der Waals surface area (Å²) in [4.78, 5) is 13.6. The van der Waals surface area contributed by atoms with E-state index in [0.717, 1.165) is 5.56 Å². The van der Waals surface area contributed by atoms with E-state index in [4.69, 9.17) is 0 Å². The Morgan fingerprint density at radius 3 is 2.62 bits per heavy atom. The average molecular weight is 351 g/mol. The van der Waals surface area contributed by atoms with Gasteiger partial charge in [0, 0.05) is 17.8 Å². The van der Waals surface area contributed by atoms with Crippen molar-refractivity contribution < 1.29 is 5.11 Å². The van der Waals surface area contributed by atoms with E-state index in [1.54, 1.807) is 18.2 Å². The highest BCUT2D eigenvalue weighted by Crippen LogP contribution is 2.36. The van der Waals surface area contributed by atoms with E-state index < -0.39 is 0 Å². The number of phenolic OH excluding ortho intramolecular Hbond substituents is 1. The third-order valence-electron chi connectivity index (χ3n) is 5.08. The van der Waals surface area contributed by atoms with Crippen LogP contribution in [0.4, 0.5) is 11.9 Å². The van der Waals surface area contributed by atoms with Gasteiger partial charge in [0.25, 0.3) is 0 Å². The molecule has 1 aromatic heterocycles. The summed E-state index contributed by atoms with van der Waals surface area (Å²) in [5, 5.41) is 16.4. The van der Waals surface area contributed by atoms with Gasteiger partial charge in [0.15, 0.2) is 5.82 Å². The summed E-state index contributed by atoms with van der Waals surface area (Å²) >= 11 is 0. The summed E-state index contributed by atoms with van der Waals surface area (Å²) in [5.41, 5.74) is 2.09. The highest BCUT2D eigenvalue weighted by molar-refractivity contribution is 5.60. The number of allylic oxidation sites excluding steroid dienone is 1. The summed E-state index contributed by atoms with van der Waals surface area (Å²) in [7, 11) is 0. The molecule has 1 atom stereocenters.